The monoisotopic (exact) mass is 298 g/mol. The first kappa shape index (κ1) is 16.6. The summed E-state index contributed by atoms with van der Waals surface area (Å²) in [5.74, 6) is 1.58. The zero-order chi connectivity index (χ0) is 13.1. The van der Waals surface area contributed by atoms with E-state index >= 15 is 0 Å². The van der Waals surface area contributed by atoms with Crippen LogP contribution in [0.15, 0.2) is 0 Å². The molecule has 1 heterocycles. The molecule has 0 amide bonds. The van der Waals surface area contributed by atoms with E-state index in [1.54, 1.807) is 28.7 Å². The highest BCUT2D eigenvalue weighted by molar-refractivity contribution is 8.76. The molecule has 2 atom stereocenters. The Morgan fingerprint density at radius 3 is 2.22 bits per heavy atom. The Hall–Kier alpha value is 0.500. The molecule has 1 unspecified atom stereocenters. The normalized spacial score (nSPS) is 24.3. The highest BCUT2D eigenvalue weighted by atomic mass is 33.1. The summed E-state index contributed by atoms with van der Waals surface area (Å²) in [7, 11) is 5.08. The quantitative estimate of drug-likeness (QED) is 0.473. The van der Waals surface area contributed by atoms with Crippen LogP contribution in [0.2, 0.25) is 0 Å². The van der Waals surface area contributed by atoms with E-state index in [2.05, 4.69) is 0 Å². The van der Waals surface area contributed by atoms with Gasteiger partial charge in [-0.15, -0.1) is 0 Å². The lowest BCUT2D eigenvalue weighted by Gasteiger charge is -2.26. The van der Waals surface area contributed by atoms with Gasteiger partial charge in [0.25, 0.3) is 0 Å². The fraction of sp³-hybridized carbons (Fsp3) is 1.00. The summed E-state index contributed by atoms with van der Waals surface area (Å²) in [5, 5.41) is 9.66. The van der Waals surface area contributed by atoms with Crippen LogP contribution in [-0.4, -0.2) is 75.6 Å². The number of ether oxygens (including phenoxy) is 4. The standard InChI is InChI=1S/C11H22O5S2/c1-13-2-3-14-4-5-15-6-7-16-11-9-18-17-8-10(11)12/h10-12H,2-9H2,1H3/t10?,11-/m1/s1. The molecule has 7 heteroatoms. The van der Waals surface area contributed by atoms with Crippen LogP contribution >= 0.6 is 21.6 Å². The SMILES string of the molecule is COCCOCCOCCO[C@@H]1CSSCC1O. The van der Waals surface area contributed by atoms with E-state index in [1.165, 1.54) is 0 Å². The Kier molecular flexibility index (Phi) is 10.4. The second-order valence-electron chi connectivity index (χ2n) is 3.76. The smallest absolute Gasteiger partial charge is 0.0941 e. The van der Waals surface area contributed by atoms with Gasteiger partial charge in [0, 0.05) is 18.6 Å². The minimum atomic E-state index is -0.353. The van der Waals surface area contributed by atoms with Crippen LogP contribution < -0.4 is 0 Å². The maximum Gasteiger partial charge on any atom is 0.0941 e. The molecule has 1 fully saturated rings. The van der Waals surface area contributed by atoms with Crippen molar-refractivity contribution >= 4 is 21.6 Å². The average molecular weight is 298 g/mol. The first-order chi connectivity index (χ1) is 8.84. The van der Waals surface area contributed by atoms with Crippen molar-refractivity contribution in [3.8, 4) is 0 Å². The second kappa shape index (κ2) is 11.3. The van der Waals surface area contributed by atoms with E-state index in [0.717, 1.165) is 11.5 Å². The Labute approximate surface area is 116 Å². The van der Waals surface area contributed by atoms with Crippen LogP contribution in [0.1, 0.15) is 0 Å². The molecule has 108 valence electrons. The van der Waals surface area contributed by atoms with Gasteiger partial charge in [-0.25, -0.2) is 0 Å². The van der Waals surface area contributed by atoms with Crippen molar-refractivity contribution in [2.75, 3.05) is 58.3 Å². The van der Waals surface area contributed by atoms with Crippen molar-refractivity contribution in [1.82, 2.24) is 0 Å². The molecule has 0 aromatic heterocycles. The fourth-order valence-corrected chi connectivity index (χ4v) is 3.73. The molecular formula is C11H22O5S2. The number of hydrogen-bond donors (Lipinski definition) is 1. The summed E-state index contributed by atoms with van der Waals surface area (Å²) in [4.78, 5) is 0. The van der Waals surface area contributed by atoms with Gasteiger partial charge in [-0.2, -0.15) is 0 Å². The van der Waals surface area contributed by atoms with E-state index in [1.807, 2.05) is 0 Å². The molecule has 18 heavy (non-hydrogen) atoms. The largest absolute Gasteiger partial charge is 0.389 e. The van der Waals surface area contributed by atoms with Crippen LogP contribution in [0.4, 0.5) is 0 Å². The van der Waals surface area contributed by atoms with E-state index in [-0.39, 0.29) is 12.2 Å². The molecule has 0 radical (unpaired) electrons. The van der Waals surface area contributed by atoms with Gasteiger partial charge >= 0.3 is 0 Å². The van der Waals surface area contributed by atoms with Crippen LogP contribution in [0.3, 0.4) is 0 Å². The third-order valence-corrected chi connectivity index (χ3v) is 4.77. The third-order valence-electron chi connectivity index (χ3n) is 2.35. The highest BCUT2D eigenvalue weighted by Gasteiger charge is 2.24. The first-order valence-electron chi connectivity index (χ1n) is 6.03. The van der Waals surface area contributed by atoms with Crippen molar-refractivity contribution in [3.05, 3.63) is 0 Å². The minimum absolute atomic E-state index is 0.0576. The molecule has 1 aliphatic rings. The predicted octanol–water partition coefficient (Wildman–Crippen LogP) is 0.807. The van der Waals surface area contributed by atoms with E-state index in [4.69, 9.17) is 18.9 Å². The van der Waals surface area contributed by atoms with Gasteiger partial charge in [0.2, 0.25) is 0 Å². The van der Waals surface area contributed by atoms with Crippen molar-refractivity contribution in [2.45, 2.75) is 12.2 Å². The summed E-state index contributed by atoms with van der Waals surface area (Å²) >= 11 is 0. The Bertz CT molecular complexity index is 196. The molecule has 1 rings (SSSR count). The summed E-state index contributed by atoms with van der Waals surface area (Å²) in [6.07, 6.45) is -0.411. The molecular weight excluding hydrogens is 276 g/mol. The molecule has 1 N–H and O–H groups in total. The molecule has 1 aliphatic heterocycles. The van der Waals surface area contributed by atoms with E-state index < -0.39 is 0 Å². The lowest BCUT2D eigenvalue weighted by molar-refractivity contribution is -0.0446. The molecule has 0 spiro atoms. The molecule has 0 aromatic carbocycles. The average Bonchev–Trinajstić information content (AvgIpc) is 2.39. The topological polar surface area (TPSA) is 57.2 Å². The molecule has 0 aliphatic carbocycles. The number of rotatable bonds is 10. The van der Waals surface area contributed by atoms with Crippen molar-refractivity contribution in [1.29, 1.82) is 0 Å². The van der Waals surface area contributed by atoms with Gasteiger partial charge in [-0.3, -0.25) is 0 Å². The van der Waals surface area contributed by atoms with Crippen LogP contribution in [0.5, 0.6) is 0 Å². The van der Waals surface area contributed by atoms with Crippen molar-refractivity contribution in [3.63, 3.8) is 0 Å². The lowest BCUT2D eigenvalue weighted by atomic mass is 10.2. The van der Waals surface area contributed by atoms with Gasteiger partial charge in [0.1, 0.15) is 0 Å². The fourth-order valence-electron chi connectivity index (χ4n) is 1.33. The Balaban J connectivity index is 1.83. The predicted molar refractivity (Wildman–Crippen MR) is 74.2 cm³/mol. The molecule has 0 aromatic rings. The number of aliphatic hydroxyl groups is 1. The first-order valence-corrected chi connectivity index (χ1v) is 8.52. The van der Waals surface area contributed by atoms with Gasteiger partial charge < -0.3 is 24.1 Å². The summed E-state index contributed by atoms with van der Waals surface area (Å²) in [6, 6.07) is 0. The number of hydrogen-bond acceptors (Lipinski definition) is 7. The summed E-state index contributed by atoms with van der Waals surface area (Å²) < 4.78 is 21.0. The zero-order valence-electron chi connectivity index (χ0n) is 10.7. The summed E-state index contributed by atoms with van der Waals surface area (Å²) in [6.45, 7) is 3.39. The second-order valence-corrected chi connectivity index (χ2v) is 6.32. The number of methoxy groups -OCH3 is 1. The van der Waals surface area contributed by atoms with E-state index in [0.29, 0.717) is 39.6 Å². The molecule has 1 saturated heterocycles. The van der Waals surface area contributed by atoms with Crippen LogP contribution in [0.25, 0.3) is 0 Å². The molecule has 0 bridgehead atoms. The van der Waals surface area contributed by atoms with E-state index in [9.17, 15) is 5.11 Å². The third kappa shape index (κ3) is 7.83. The lowest BCUT2D eigenvalue weighted by Crippen LogP contribution is -2.36. The molecule has 5 nitrogen and oxygen atoms in total. The number of aliphatic hydroxyl groups excluding tert-OH is 1. The Morgan fingerprint density at radius 1 is 0.944 bits per heavy atom. The Morgan fingerprint density at radius 2 is 1.56 bits per heavy atom. The van der Waals surface area contributed by atoms with Gasteiger partial charge in [-0.1, -0.05) is 21.6 Å². The zero-order valence-corrected chi connectivity index (χ0v) is 12.3. The van der Waals surface area contributed by atoms with Crippen LogP contribution in [0, 0.1) is 0 Å². The van der Waals surface area contributed by atoms with Gasteiger partial charge in [0.05, 0.1) is 51.8 Å². The van der Waals surface area contributed by atoms with Crippen molar-refractivity contribution in [2.24, 2.45) is 0 Å². The molecule has 0 saturated carbocycles. The summed E-state index contributed by atoms with van der Waals surface area (Å²) in [5.41, 5.74) is 0. The maximum absolute atomic E-state index is 9.66. The maximum atomic E-state index is 9.66. The van der Waals surface area contributed by atoms with Gasteiger partial charge in [-0.05, 0) is 0 Å². The van der Waals surface area contributed by atoms with Crippen molar-refractivity contribution < 1.29 is 24.1 Å². The highest BCUT2D eigenvalue weighted by Crippen LogP contribution is 2.30. The van der Waals surface area contributed by atoms with Crippen LogP contribution in [-0.2, 0) is 18.9 Å². The minimum Gasteiger partial charge on any atom is -0.389 e. The van der Waals surface area contributed by atoms with Gasteiger partial charge in [0.15, 0.2) is 0 Å².